The van der Waals surface area contributed by atoms with Gasteiger partial charge in [-0.3, -0.25) is 4.90 Å². The molecule has 0 aliphatic heterocycles. The maximum Gasteiger partial charge on any atom is 0.326 e. The number of carbonyl (C=O) groups is 1. The van der Waals surface area contributed by atoms with E-state index in [0.717, 1.165) is 61.2 Å². The summed E-state index contributed by atoms with van der Waals surface area (Å²) in [5, 5.41) is 12.3. The lowest BCUT2D eigenvalue weighted by Gasteiger charge is -2.27. The van der Waals surface area contributed by atoms with Crippen molar-refractivity contribution in [2.45, 2.75) is 86.6 Å². The van der Waals surface area contributed by atoms with Gasteiger partial charge in [0.25, 0.3) is 0 Å². The van der Waals surface area contributed by atoms with Crippen molar-refractivity contribution in [3.63, 3.8) is 0 Å². The summed E-state index contributed by atoms with van der Waals surface area (Å²) < 4.78 is 5.80. The fourth-order valence-corrected chi connectivity index (χ4v) is 4.73. The number of hydrogen-bond acceptors (Lipinski definition) is 3. The predicted octanol–water partition coefficient (Wildman–Crippen LogP) is 8.65. The first-order valence-corrected chi connectivity index (χ1v) is 14.8. The Hall–Kier alpha value is -3.05. The number of nitrogens with zero attached hydrogens (tertiary/aromatic N) is 1. The number of aliphatic hydroxyl groups excluding tert-OH is 1. The van der Waals surface area contributed by atoms with Crippen molar-refractivity contribution < 1.29 is 14.6 Å². The minimum atomic E-state index is -0.120. The van der Waals surface area contributed by atoms with Crippen molar-refractivity contribution in [3.8, 4) is 5.75 Å². The second-order valence-electron chi connectivity index (χ2n) is 10.6. The third-order valence-electron chi connectivity index (χ3n) is 6.60. The summed E-state index contributed by atoms with van der Waals surface area (Å²) in [4.78, 5) is 15.8. The molecule has 1 aliphatic rings. The normalized spacial score (nSPS) is 13.4. The van der Waals surface area contributed by atoms with Crippen LogP contribution in [0, 0.1) is 11.8 Å². The molecule has 0 heterocycles. The first kappa shape index (κ1) is 32.2. The zero-order chi connectivity index (χ0) is 28.6. The molecule has 0 saturated heterocycles. The Balaban J connectivity index is 0.00000260. The number of ether oxygens (including phenoxy) is 1. The highest BCUT2D eigenvalue weighted by Gasteiger charge is 2.24. The van der Waals surface area contributed by atoms with Crippen LogP contribution in [0.1, 0.15) is 85.6 Å². The van der Waals surface area contributed by atoms with E-state index in [-0.39, 0.29) is 12.6 Å². The number of carbonyl (C=O) groups excluding carboxylic acids is 1. The summed E-state index contributed by atoms with van der Waals surface area (Å²) in [5.41, 5.74) is 5.51. The number of rotatable bonds is 12. The van der Waals surface area contributed by atoms with Crippen molar-refractivity contribution in [1.82, 2.24) is 5.32 Å². The van der Waals surface area contributed by atoms with Crippen LogP contribution in [0.25, 0.3) is 0 Å². The first-order valence-electron chi connectivity index (χ1n) is 14.8. The van der Waals surface area contributed by atoms with Gasteiger partial charge in [0.15, 0.2) is 0 Å². The Labute approximate surface area is 237 Å². The molecule has 0 spiro atoms. The maximum absolute atomic E-state index is 14.0. The van der Waals surface area contributed by atoms with Crippen LogP contribution in [0.4, 0.5) is 10.5 Å². The zero-order valence-corrected chi connectivity index (χ0v) is 25.0. The van der Waals surface area contributed by atoms with Gasteiger partial charge in [0.05, 0.1) is 13.2 Å². The molecule has 0 aromatic heterocycles. The van der Waals surface area contributed by atoms with Gasteiger partial charge in [0, 0.05) is 18.0 Å². The Kier molecular flexibility index (Phi) is 14.4. The SMILES string of the molecule is CC.CC(C)CC1=C(NC(=O)N(Cc2ccccc2)c2ccc(OCCCCO)cc2)C(C(C)C)=CCCC1. The third-order valence-corrected chi connectivity index (χ3v) is 6.60. The molecule has 3 rings (SSSR count). The number of amides is 2. The molecule has 0 saturated carbocycles. The minimum Gasteiger partial charge on any atom is -0.494 e. The largest absolute Gasteiger partial charge is 0.494 e. The lowest BCUT2D eigenvalue weighted by molar-refractivity contribution is 0.248. The summed E-state index contributed by atoms with van der Waals surface area (Å²) in [7, 11) is 0. The van der Waals surface area contributed by atoms with Crippen molar-refractivity contribution in [2.75, 3.05) is 18.1 Å². The fraction of sp³-hybridized carbons (Fsp3) is 0.500. The number of nitrogens with one attached hydrogen (secondary N) is 1. The molecule has 5 heteroatoms. The molecule has 2 N–H and O–H groups in total. The summed E-state index contributed by atoms with van der Waals surface area (Å²) in [5.74, 6) is 1.62. The quantitative estimate of drug-likeness (QED) is 0.268. The number of benzene rings is 2. The molecule has 39 heavy (non-hydrogen) atoms. The lowest BCUT2D eigenvalue weighted by Crippen LogP contribution is -2.40. The van der Waals surface area contributed by atoms with E-state index in [4.69, 9.17) is 9.84 Å². The van der Waals surface area contributed by atoms with Crippen LogP contribution in [0.2, 0.25) is 0 Å². The van der Waals surface area contributed by atoms with Gasteiger partial charge in [-0.1, -0.05) is 78.0 Å². The second kappa shape index (κ2) is 17.5. The molecule has 0 bridgehead atoms. The van der Waals surface area contributed by atoms with Crippen molar-refractivity contribution in [3.05, 3.63) is 83.1 Å². The molecule has 0 unspecified atom stereocenters. The second-order valence-corrected chi connectivity index (χ2v) is 10.6. The molecule has 0 radical (unpaired) electrons. The Morgan fingerprint density at radius 2 is 1.69 bits per heavy atom. The van der Waals surface area contributed by atoms with E-state index in [1.807, 2.05) is 73.3 Å². The van der Waals surface area contributed by atoms with Crippen LogP contribution in [0.5, 0.6) is 5.75 Å². The van der Waals surface area contributed by atoms with Crippen molar-refractivity contribution >= 4 is 11.7 Å². The first-order chi connectivity index (χ1) is 18.9. The molecular weight excluding hydrogens is 484 g/mol. The minimum absolute atomic E-state index is 0.120. The Morgan fingerprint density at radius 3 is 2.31 bits per heavy atom. The molecular formula is C34H50N2O3. The number of allylic oxidation sites excluding steroid dienone is 3. The molecule has 1 aliphatic carbocycles. The molecule has 0 fully saturated rings. The van der Waals surface area contributed by atoms with Crippen molar-refractivity contribution in [2.24, 2.45) is 11.8 Å². The van der Waals surface area contributed by atoms with Gasteiger partial charge in [0.1, 0.15) is 5.75 Å². The maximum atomic E-state index is 14.0. The molecule has 214 valence electrons. The average Bonchev–Trinajstić information content (AvgIpc) is 3.13. The van der Waals surface area contributed by atoms with Gasteiger partial charge in [-0.15, -0.1) is 0 Å². The highest BCUT2D eigenvalue weighted by molar-refractivity contribution is 5.93. The summed E-state index contributed by atoms with van der Waals surface area (Å²) in [6, 6.07) is 17.7. The van der Waals surface area contributed by atoms with E-state index in [0.29, 0.717) is 25.0 Å². The number of urea groups is 1. The van der Waals surface area contributed by atoms with Gasteiger partial charge in [-0.25, -0.2) is 4.79 Å². The average molecular weight is 535 g/mol. The highest BCUT2D eigenvalue weighted by Crippen LogP contribution is 2.32. The van der Waals surface area contributed by atoms with E-state index < -0.39 is 0 Å². The van der Waals surface area contributed by atoms with E-state index in [1.54, 1.807) is 0 Å². The number of aliphatic hydroxyl groups is 1. The van der Waals surface area contributed by atoms with Crippen LogP contribution in [0.15, 0.2) is 77.5 Å². The summed E-state index contributed by atoms with van der Waals surface area (Å²) in [6.07, 6.45) is 8.01. The number of anilines is 1. The number of unbranched alkanes of at least 4 members (excludes halogenated alkanes) is 1. The predicted molar refractivity (Wildman–Crippen MR) is 164 cm³/mol. The Bertz CT molecular complexity index is 1040. The van der Waals surface area contributed by atoms with Crippen molar-refractivity contribution in [1.29, 1.82) is 0 Å². The molecule has 5 nitrogen and oxygen atoms in total. The van der Waals surface area contributed by atoms with Gasteiger partial charge in [-0.2, -0.15) is 0 Å². The molecule has 2 aromatic rings. The van der Waals surface area contributed by atoms with Crippen LogP contribution in [-0.2, 0) is 6.54 Å². The van der Waals surface area contributed by atoms with E-state index >= 15 is 0 Å². The fourth-order valence-electron chi connectivity index (χ4n) is 4.73. The van der Waals surface area contributed by atoms with Gasteiger partial charge in [-0.05, 0) is 91.3 Å². The molecule has 2 aromatic carbocycles. The highest BCUT2D eigenvalue weighted by atomic mass is 16.5. The van der Waals surface area contributed by atoms with Crippen LogP contribution < -0.4 is 15.0 Å². The van der Waals surface area contributed by atoms with E-state index in [1.165, 1.54) is 11.1 Å². The molecule has 2 amide bonds. The topological polar surface area (TPSA) is 61.8 Å². The third kappa shape index (κ3) is 10.6. The van der Waals surface area contributed by atoms with Gasteiger partial charge in [0.2, 0.25) is 0 Å². The summed E-state index contributed by atoms with van der Waals surface area (Å²) in [6.45, 7) is 14.1. The smallest absolute Gasteiger partial charge is 0.326 e. The number of hydrogen-bond donors (Lipinski definition) is 2. The zero-order valence-electron chi connectivity index (χ0n) is 25.0. The van der Waals surface area contributed by atoms with E-state index in [9.17, 15) is 4.79 Å². The van der Waals surface area contributed by atoms with Crippen LogP contribution in [0.3, 0.4) is 0 Å². The lowest BCUT2D eigenvalue weighted by atomic mass is 9.92. The molecule has 0 atom stereocenters. The van der Waals surface area contributed by atoms with E-state index in [2.05, 4.69) is 39.1 Å². The Morgan fingerprint density at radius 1 is 1.00 bits per heavy atom. The standard InChI is InChI=1S/C32H44N2O3.C2H6/c1-24(2)22-27-14-8-9-15-30(25(3)4)31(27)33-32(36)34(23-26-12-6-5-7-13-26)28-16-18-29(19-17-28)37-21-11-10-20-35;1-2/h5-7,12-13,15-19,24-25,35H,8-11,14,20-23H2,1-4H3,(H,33,36);1-2H3. The summed E-state index contributed by atoms with van der Waals surface area (Å²) >= 11 is 0. The van der Waals surface area contributed by atoms with Crippen LogP contribution >= 0.6 is 0 Å². The van der Waals surface area contributed by atoms with Gasteiger partial charge >= 0.3 is 6.03 Å². The van der Waals surface area contributed by atoms with Gasteiger partial charge < -0.3 is 15.2 Å². The van der Waals surface area contributed by atoms with Crippen LogP contribution in [-0.4, -0.2) is 24.4 Å². The monoisotopic (exact) mass is 534 g/mol.